The average Bonchev–Trinajstić information content (AvgIpc) is 3.16. The van der Waals surface area contributed by atoms with Gasteiger partial charge in [0.15, 0.2) is 10.7 Å². The summed E-state index contributed by atoms with van der Waals surface area (Å²) < 4.78 is 11.9. The molecule has 6 nitrogen and oxygen atoms in total. The number of carbonyl (C=O) groups excluding carboxylic acids is 1. The van der Waals surface area contributed by atoms with Crippen LogP contribution < -0.4 is 15.4 Å². The van der Waals surface area contributed by atoms with Crippen LogP contribution in [0, 0.1) is 6.92 Å². The van der Waals surface area contributed by atoms with Crippen LogP contribution in [0.1, 0.15) is 15.9 Å². The highest BCUT2D eigenvalue weighted by Gasteiger charge is 2.17. The highest BCUT2D eigenvalue weighted by molar-refractivity contribution is 9.10. The van der Waals surface area contributed by atoms with Gasteiger partial charge in [-0.15, -0.1) is 0 Å². The third-order valence-corrected chi connectivity index (χ3v) is 5.55. The lowest BCUT2D eigenvalue weighted by Gasteiger charge is -2.14. The van der Waals surface area contributed by atoms with Crippen LogP contribution >= 0.6 is 39.7 Å². The van der Waals surface area contributed by atoms with E-state index in [1.54, 1.807) is 24.3 Å². The number of hydrogen-bond acceptors (Lipinski definition) is 5. The summed E-state index contributed by atoms with van der Waals surface area (Å²) in [5.74, 6) is 0.616. The van der Waals surface area contributed by atoms with E-state index < -0.39 is 0 Å². The van der Waals surface area contributed by atoms with Gasteiger partial charge in [0.2, 0.25) is 5.89 Å². The van der Waals surface area contributed by atoms with Crippen molar-refractivity contribution in [3.8, 4) is 17.2 Å². The van der Waals surface area contributed by atoms with Gasteiger partial charge >= 0.3 is 0 Å². The van der Waals surface area contributed by atoms with Crippen molar-refractivity contribution >= 4 is 67.6 Å². The zero-order chi connectivity index (χ0) is 22.8. The topological polar surface area (TPSA) is 76.4 Å². The van der Waals surface area contributed by atoms with Crippen molar-refractivity contribution in [2.24, 2.45) is 0 Å². The van der Waals surface area contributed by atoms with Crippen LogP contribution in [-0.4, -0.2) is 23.1 Å². The molecule has 0 saturated carbocycles. The Labute approximate surface area is 203 Å². The number of hydrogen-bond donors (Lipinski definition) is 2. The van der Waals surface area contributed by atoms with Crippen LogP contribution in [-0.2, 0) is 0 Å². The molecular formula is C23H17BrClN3O3S. The van der Waals surface area contributed by atoms with E-state index in [0.29, 0.717) is 39.0 Å². The largest absolute Gasteiger partial charge is 0.496 e. The minimum Gasteiger partial charge on any atom is -0.496 e. The quantitative estimate of drug-likeness (QED) is 0.299. The maximum absolute atomic E-state index is 12.7. The molecule has 32 heavy (non-hydrogen) atoms. The fourth-order valence-electron chi connectivity index (χ4n) is 3.22. The predicted molar refractivity (Wildman–Crippen MR) is 134 cm³/mol. The number of thiocarbonyl (C=S) groups is 1. The molecule has 1 aromatic heterocycles. The molecule has 1 amide bonds. The summed E-state index contributed by atoms with van der Waals surface area (Å²) in [6.07, 6.45) is 0. The van der Waals surface area contributed by atoms with Gasteiger partial charge in [0.25, 0.3) is 5.91 Å². The number of nitrogens with one attached hydrogen (secondary N) is 2. The smallest absolute Gasteiger partial charge is 0.261 e. The number of anilines is 1. The number of amides is 1. The number of methoxy groups -OCH3 is 1. The Morgan fingerprint density at radius 2 is 1.91 bits per heavy atom. The number of oxazole rings is 1. The second kappa shape index (κ2) is 9.28. The van der Waals surface area contributed by atoms with Crippen LogP contribution in [0.25, 0.3) is 22.6 Å². The van der Waals surface area contributed by atoms with Crippen LogP contribution in [0.2, 0.25) is 5.02 Å². The fraction of sp³-hybridized carbons (Fsp3) is 0.0870. The van der Waals surface area contributed by atoms with Crippen LogP contribution in [0.15, 0.2) is 63.5 Å². The minimum atomic E-state index is -0.370. The zero-order valence-corrected chi connectivity index (χ0v) is 20.2. The van der Waals surface area contributed by atoms with E-state index in [2.05, 4.69) is 31.5 Å². The normalized spacial score (nSPS) is 10.8. The van der Waals surface area contributed by atoms with Crippen molar-refractivity contribution < 1.29 is 13.9 Å². The Bertz CT molecular complexity index is 1340. The third-order valence-electron chi connectivity index (χ3n) is 4.65. The first-order valence-electron chi connectivity index (χ1n) is 9.47. The van der Waals surface area contributed by atoms with E-state index in [-0.39, 0.29) is 11.0 Å². The molecule has 1 heterocycles. The molecule has 0 aliphatic carbocycles. The Morgan fingerprint density at radius 1 is 1.16 bits per heavy atom. The van der Waals surface area contributed by atoms with Crippen molar-refractivity contribution in [3.63, 3.8) is 0 Å². The van der Waals surface area contributed by atoms with E-state index in [1.807, 2.05) is 37.3 Å². The predicted octanol–water partition coefficient (Wildman–Crippen LogP) is 6.35. The van der Waals surface area contributed by atoms with Gasteiger partial charge in [0.05, 0.1) is 12.7 Å². The second-order valence-electron chi connectivity index (χ2n) is 6.92. The second-order valence-corrected chi connectivity index (χ2v) is 8.68. The van der Waals surface area contributed by atoms with Gasteiger partial charge in [-0.3, -0.25) is 10.1 Å². The Balaban J connectivity index is 1.45. The van der Waals surface area contributed by atoms with Crippen molar-refractivity contribution in [2.75, 3.05) is 12.4 Å². The maximum atomic E-state index is 12.7. The molecule has 0 spiro atoms. The molecule has 0 saturated heterocycles. The minimum absolute atomic E-state index is 0.166. The van der Waals surface area contributed by atoms with Gasteiger partial charge in [0, 0.05) is 20.7 Å². The first-order valence-corrected chi connectivity index (χ1v) is 11.0. The molecule has 0 unspecified atom stereocenters. The number of halogens is 2. The highest BCUT2D eigenvalue weighted by Crippen LogP contribution is 2.28. The molecule has 2 N–H and O–H groups in total. The maximum Gasteiger partial charge on any atom is 0.261 e. The number of fused-ring (bicyclic) bond motifs is 1. The number of benzene rings is 3. The third kappa shape index (κ3) is 4.77. The number of rotatable bonds is 4. The fourth-order valence-corrected chi connectivity index (χ4v) is 4.17. The molecule has 0 atom stereocenters. The van der Waals surface area contributed by atoms with Crippen molar-refractivity contribution in [3.05, 3.63) is 75.2 Å². The monoisotopic (exact) mass is 529 g/mol. The summed E-state index contributed by atoms with van der Waals surface area (Å²) in [5, 5.41) is 6.45. The summed E-state index contributed by atoms with van der Waals surface area (Å²) in [6.45, 7) is 1.87. The SMILES string of the molecule is COc1c(C)cc(Br)cc1C(=O)NC(=S)Nc1ccc(-c2nc3cc(Cl)ccc3o2)cc1. The highest BCUT2D eigenvalue weighted by atomic mass is 79.9. The molecule has 9 heteroatoms. The molecule has 0 aliphatic rings. The summed E-state index contributed by atoms with van der Waals surface area (Å²) in [5.41, 5.74) is 4.08. The first kappa shape index (κ1) is 22.3. The average molecular weight is 531 g/mol. The first-order chi connectivity index (χ1) is 15.3. The molecule has 4 rings (SSSR count). The zero-order valence-electron chi connectivity index (χ0n) is 17.0. The Kier molecular flexibility index (Phi) is 6.45. The van der Waals surface area contributed by atoms with Crippen molar-refractivity contribution in [1.82, 2.24) is 10.3 Å². The summed E-state index contributed by atoms with van der Waals surface area (Å²) >= 11 is 14.7. The van der Waals surface area contributed by atoms with E-state index >= 15 is 0 Å². The van der Waals surface area contributed by atoms with Crippen LogP contribution in [0.5, 0.6) is 5.75 Å². The van der Waals surface area contributed by atoms with Crippen molar-refractivity contribution in [2.45, 2.75) is 6.92 Å². The molecule has 3 aromatic carbocycles. The lowest BCUT2D eigenvalue weighted by atomic mass is 10.1. The number of nitrogens with zero attached hydrogens (tertiary/aromatic N) is 1. The van der Waals surface area contributed by atoms with E-state index in [4.69, 9.17) is 33.0 Å². The summed E-state index contributed by atoms with van der Waals surface area (Å²) in [4.78, 5) is 17.2. The van der Waals surface area contributed by atoms with Gasteiger partial charge < -0.3 is 14.5 Å². The van der Waals surface area contributed by atoms with Gasteiger partial charge in [0.1, 0.15) is 11.3 Å². The molecule has 0 fully saturated rings. The number of carbonyl (C=O) groups is 1. The van der Waals surface area contributed by atoms with E-state index in [0.717, 1.165) is 15.6 Å². The molecule has 0 radical (unpaired) electrons. The lowest BCUT2D eigenvalue weighted by Crippen LogP contribution is -2.34. The van der Waals surface area contributed by atoms with E-state index in [9.17, 15) is 4.79 Å². The lowest BCUT2D eigenvalue weighted by molar-refractivity contribution is 0.0974. The number of aromatic nitrogens is 1. The van der Waals surface area contributed by atoms with Gasteiger partial charge in [-0.2, -0.15) is 0 Å². The van der Waals surface area contributed by atoms with Gasteiger partial charge in [-0.05, 0) is 79.3 Å². The summed E-state index contributed by atoms with van der Waals surface area (Å²) in [7, 11) is 1.52. The summed E-state index contributed by atoms with van der Waals surface area (Å²) in [6, 6.07) is 16.2. The Morgan fingerprint density at radius 3 is 2.62 bits per heavy atom. The molecule has 4 aromatic rings. The van der Waals surface area contributed by atoms with Crippen molar-refractivity contribution in [1.29, 1.82) is 0 Å². The van der Waals surface area contributed by atoms with Crippen LogP contribution in [0.3, 0.4) is 0 Å². The van der Waals surface area contributed by atoms with Gasteiger partial charge in [-0.25, -0.2) is 4.98 Å². The standard InChI is InChI=1S/C23H17BrClN3O3S/c1-12-9-14(24)10-17(20(12)30-2)21(29)28-23(32)26-16-6-3-13(4-7-16)22-27-18-11-15(25)5-8-19(18)31-22/h3-11H,1-2H3,(H2,26,28,29,32). The molecular weight excluding hydrogens is 514 g/mol. The van der Waals surface area contributed by atoms with E-state index in [1.165, 1.54) is 7.11 Å². The molecule has 0 aliphatic heterocycles. The van der Waals surface area contributed by atoms with Gasteiger partial charge in [-0.1, -0.05) is 27.5 Å². The number of ether oxygens (including phenoxy) is 1. The molecule has 162 valence electrons. The van der Waals surface area contributed by atoms with Crippen LogP contribution in [0.4, 0.5) is 5.69 Å². The molecule has 0 bridgehead atoms. The Hall–Kier alpha value is -2.94. The number of aryl methyl sites for hydroxylation is 1.